The first kappa shape index (κ1) is 105. The molecule has 6 amide bonds. The quantitative estimate of drug-likeness (QED) is 0.0186. The molecule has 4 saturated heterocycles. The Balaban J connectivity index is 0.000000196. The van der Waals surface area contributed by atoms with Crippen LogP contribution in [0.5, 0.6) is 0 Å². The number of rotatable bonds is 34. The normalized spacial score (nSPS) is 22.1. The van der Waals surface area contributed by atoms with E-state index in [0.717, 1.165) is 54.4 Å². The molecule has 26 nitrogen and oxygen atoms in total. The zero-order valence-electron chi connectivity index (χ0n) is 79.5. The predicted molar refractivity (Wildman–Crippen MR) is 520 cm³/mol. The third-order valence-corrected chi connectivity index (χ3v) is 31.1. The number of aliphatic carboxylic acids is 1. The van der Waals surface area contributed by atoms with Crippen molar-refractivity contribution in [1.29, 1.82) is 0 Å². The maximum absolute atomic E-state index is 15.5. The van der Waals surface area contributed by atoms with Crippen LogP contribution in [0.25, 0.3) is 0 Å². The van der Waals surface area contributed by atoms with Crippen LogP contribution in [0.3, 0.4) is 0 Å². The van der Waals surface area contributed by atoms with Gasteiger partial charge < -0.3 is 60.0 Å². The highest BCUT2D eigenvalue weighted by Gasteiger charge is 2.48. The van der Waals surface area contributed by atoms with E-state index in [0.29, 0.717) is 97.8 Å². The Morgan fingerprint density at radius 1 is 0.448 bits per heavy atom. The lowest BCUT2D eigenvalue weighted by Gasteiger charge is -2.38. The predicted octanol–water partition coefficient (Wildman–Crippen LogP) is 15.6. The number of anilines is 3. The molecule has 7 fully saturated rings. The number of hydrogen-bond donors (Lipinski definition) is 8. The first-order valence-electron chi connectivity index (χ1n) is 46.1. The molecule has 14 rings (SSSR count). The number of methoxy groups -OCH3 is 4. The van der Waals surface area contributed by atoms with Crippen molar-refractivity contribution in [3.05, 3.63) is 225 Å². The van der Waals surface area contributed by atoms with Crippen molar-refractivity contribution >= 4 is 103 Å². The molecule has 730 valence electrons. The van der Waals surface area contributed by atoms with Gasteiger partial charge in [0.05, 0.1) is 123 Å². The van der Waals surface area contributed by atoms with Crippen LogP contribution in [0.1, 0.15) is 219 Å². The second-order valence-corrected chi connectivity index (χ2v) is 45.4. The third kappa shape index (κ3) is 27.7. The highest BCUT2D eigenvalue weighted by atomic mass is 35.5. The van der Waals surface area contributed by atoms with Gasteiger partial charge in [-0.3, -0.25) is 33.8 Å². The summed E-state index contributed by atoms with van der Waals surface area (Å²) in [4.78, 5) is 95.8. The summed E-state index contributed by atoms with van der Waals surface area (Å²) in [6.45, 7) is 21.6. The van der Waals surface area contributed by atoms with Crippen molar-refractivity contribution in [1.82, 2.24) is 39.2 Å². The van der Waals surface area contributed by atoms with E-state index in [-0.39, 0.29) is 85.9 Å². The molecule has 7 aromatic rings. The minimum Gasteiger partial charge on any atom is -0.480 e. The number of ether oxygens (including phenoxy) is 4. The number of halogens is 4. The topological polar surface area (TPSA) is 335 Å². The van der Waals surface area contributed by atoms with E-state index < -0.39 is 123 Å². The Labute approximate surface area is 800 Å². The highest BCUT2D eigenvalue weighted by molar-refractivity contribution is 7.85. The summed E-state index contributed by atoms with van der Waals surface area (Å²) in [5, 5.41) is 20.7. The summed E-state index contributed by atoms with van der Waals surface area (Å²) < 4.78 is 116. The summed E-state index contributed by atoms with van der Waals surface area (Å²) >= 11 is 5.94. The first-order chi connectivity index (χ1) is 63.5. The van der Waals surface area contributed by atoms with Gasteiger partial charge in [-0.25, -0.2) is 44.8 Å². The molecule has 0 spiro atoms. The minimum atomic E-state index is -1.46. The van der Waals surface area contributed by atoms with Crippen LogP contribution >= 0.6 is 11.6 Å². The molecule has 0 bridgehead atoms. The summed E-state index contributed by atoms with van der Waals surface area (Å²) in [7, 11) is 1.95. The van der Waals surface area contributed by atoms with Crippen LogP contribution in [-0.4, -0.2) is 196 Å². The molecule has 5 heterocycles. The molecule has 6 aromatic carbocycles. The fraction of sp³-hybridized carbons (Fsp3) is 0.525. The number of carboxylic acid groups (broad SMARTS) is 1. The van der Waals surface area contributed by atoms with Crippen molar-refractivity contribution in [2.75, 3.05) is 70.6 Å². The van der Waals surface area contributed by atoms with Gasteiger partial charge in [-0.15, -0.1) is 0 Å². The van der Waals surface area contributed by atoms with Gasteiger partial charge in [0.25, 0.3) is 0 Å². The van der Waals surface area contributed by atoms with Crippen LogP contribution in [0.2, 0.25) is 5.02 Å². The molecule has 3 aliphatic carbocycles. The lowest BCUT2D eigenvalue weighted by atomic mass is 9.79. The largest absolute Gasteiger partial charge is 0.480 e. The lowest BCUT2D eigenvalue weighted by molar-refractivity contribution is -0.147. The van der Waals surface area contributed by atoms with Gasteiger partial charge in [0, 0.05) is 101 Å². The molecule has 4 aliphatic heterocycles. The Kier molecular flexibility index (Phi) is 36.5. The third-order valence-electron chi connectivity index (χ3n) is 26.0. The summed E-state index contributed by atoms with van der Waals surface area (Å²) in [5.41, 5.74) is 3.07. The van der Waals surface area contributed by atoms with Gasteiger partial charge in [0.1, 0.15) is 35.6 Å². The second kappa shape index (κ2) is 46.4. The molecule has 7 aliphatic rings. The number of carboxylic acids is 1. The number of aromatic nitrogens is 1. The zero-order chi connectivity index (χ0) is 97.4. The van der Waals surface area contributed by atoms with Gasteiger partial charge in [0.2, 0.25) is 35.4 Å². The van der Waals surface area contributed by atoms with Crippen molar-refractivity contribution in [3.8, 4) is 0 Å². The van der Waals surface area contributed by atoms with Gasteiger partial charge >= 0.3 is 5.97 Å². The first-order valence-corrected chi connectivity index (χ1v) is 49.9. The van der Waals surface area contributed by atoms with E-state index in [9.17, 15) is 50.6 Å². The summed E-state index contributed by atoms with van der Waals surface area (Å²) in [6.07, 6.45) is 14.1. The molecule has 1 aromatic heterocycles. The molecule has 3 unspecified atom stereocenters. The second-order valence-electron chi connectivity index (χ2n) is 39.0. The molecule has 0 radical (unpaired) electrons. The number of benzene rings is 6. The van der Waals surface area contributed by atoms with Crippen molar-refractivity contribution in [3.63, 3.8) is 0 Å². The highest BCUT2D eigenvalue weighted by Crippen LogP contribution is 2.47. The van der Waals surface area contributed by atoms with Crippen LogP contribution in [-0.2, 0) is 109 Å². The van der Waals surface area contributed by atoms with Gasteiger partial charge in [-0.05, 0) is 207 Å². The maximum atomic E-state index is 15.5. The summed E-state index contributed by atoms with van der Waals surface area (Å²) in [5.74, 6) is -2.80. The summed E-state index contributed by atoms with van der Waals surface area (Å²) in [6, 6.07) is 44.2. The van der Waals surface area contributed by atoms with E-state index >= 15 is 8.78 Å². The minimum absolute atomic E-state index is 0. The van der Waals surface area contributed by atoms with Crippen molar-refractivity contribution in [2.24, 2.45) is 17.8 Å². The number of carbonyl (C=O) groups is 7. The number of pyridine rings is 1. The van der Waals surface area contributed by atoms with Gasteiger partial charge in [-0.1, -0.05) is 159 Å². The molecular weight excluding hydrogens is 1800 g/mol. The SMILES string of the molecule is CO[C@@H]1C[C@H](C(=O)Nc2cc(C(CCC3CC3)(N[S@](=O)C(C)(C)C)c3ccccc3)ccc2F)N(C(=O)Cc2ccc(Cl)cn2)C1.CO[C@@H]1C[C@H](C(=O)Nc2cc(C(CCC3CC3)(N[S@](=O)C(C)(C)C)c3ccccc3)ccc2F)N(C(C)=O)C1.CO[C@@H]1C[C@H](C(=O)O)N(C(C)=O)C1.CO[C@H]1CN[C@@H](C(=O)Nc2cc(C(CCC3CC3)(N[S@](=O)C(C)(C)C)c3ccccc3)ccc2F)C1.[HH]. The van der Waals surface area contributed by atoms with E-state index in [1.807, 2.05) is 153 Å². The Morgan fingerprint density at radius 3 is 1.07 bits per heavy atom. The number of likely N-dealkylation sites (tertiary alicyclic amines) is 3. The van der Waals surface area contributed by atoms with E-state index in [1.54, 1.807) is 62.8 Å². The Bertz CT molecular complexity index is 5270. The molecule has 3 saturated carbocycles. The standard InChI is InChI=1S/C35H42ClFN4O4S.C30H40FN3O4S.C28H38FN3O3S.C8H13NO4.H2/c1-34(2,3)46(44)40-35(17-16-23-10-11-23,24-8-6-5-7-9-24)25-12-15-29(37)30(18-25)39-33(43)31-20-28(45-4)22-41(31)32(42)19-27-14-13-26(36)21-38-27;1-20(35)34-19-24(38-5)18-27(34)28(36)32-26-17-23(13-14-25(26)31)30(16-15-21-11-12-21,22-9-7-6-8-10-22)33-39(37)29(2,3)4;1-27(2,3)36(34)32-28(15-14-19-10-11-19,20-8-6-5-7-9-20)21-12-13-23(29)24(16-21)31-26(33)25-17-22(35-4)18-30-25;1-5(10)9-4-6(13-2)3-7(9)8(11)12;/h5-9,12-15,18,21,23,28,31,40H,10-11,16-17,19-20,22H2,1-4H3,(H,39,43);6-10,13-14,17,21,24,27,33H,11-12,15-16,18-19H2,1-5H3,(H,32,36);5-9,12-13,16,19,22,25,30,32H,10-11,14-15,17-18H2,1-4H3,(H,31,33);6-7H,3-4H2,1-2H3,(H,11,12);1H/t28-,31-,35?,46-;24-,27-,30?,39-;22-,25-,28?,36-;6-,7-;/m1111./s1. The molecule has 134 heavy (non-hydrogen) atoms. The monoisotopic (exact) mass is 1930 g/mol. The number of hydrogen-bond acceptors (Lipinski definition) is 16. The fourth-order valence-electron chi connectivity index (χ4n) is 17.2. The number of carbonyl (C=O) groups excluding carboxylic acids is 6. The van der Waals surface area contributed by atoms with Crippen LogP contribution in [0.15, 0.2) is 164 Å². The molecule has 8 N–H and O–H groups in total. The fourth-order valence-corrected chi connectivity index (χ4v) is 20.2. The average molecular weight is 1930 g/mol. The van der Waals surface area contributed by atoms with E-state index in [4.69, 9.17) is 35.7 Å². The van der Waals surface area contributed by atoms with Crippen molar-refractivity contribution in [2.45, 2.75) is 265 Å². The number of amides is 6. The maximum Gasteiger partial charge on any atom is 0.326 e. The van der Waals surface area contributed by atoms with E-state index in [1.165, 1.54) is 92.8 Å². The zero-order valence-corrected chi connectivity index (χ0v) is 82.7. The lowest BCUT2D eigenvalue weighted by Crippen LogP contribution is -2.49. The van der Waals surface area contributed by atoms with Crippen LogP contribution in [0, 0.1) is 35.2 Å². The molecule has 33 heteroatoms. The molecule has 14 atom stereocenters. The van der Waals surface area contributed by atoms with Crippen LogP contribution < -0.4 is 35.4 Å². The van der Waals surface area contributed by atoms with Gasteiger partial charge in [0.15, 0.2) is 0 Å². The number of nitrogens with one attached hydrogen (secondary N) is 7. The van der Waals surface area contributed by atoms with Crippen LogP contribution in [0.4, 0.5) is 30.2 Å². The molecular formula is C101H135ClF3N11O15S3. The van der Waals surface area contributed by atoms with Crippen molar-refractivity contribution < 1.29 is 84.8 Å². The number of nitrogens with zero attached hydrogens (tertiary/aromatic N) is 4. The smallest absolute Gasteiger partial charge is 0.326 e. The van der Waals surface area contributed by atoms with E-state index in [2.05, 4.69) is 40.4 Å². The Hall–Kier alpha value is -9.03. The average Bonchev–Trinajstić information content (AvgIpc) is 1.37. The Morgan fingerprint density at radius 2 is 0.776 bits per heavy atom. The van der Waals surface area contributed by atoms with Gasteiger partial charge in [-0.2, -0.15) is 0 Å².